The Balaban J connectivity index is 2.21. The van der Waals surface area contributed by atoms with Crippen LogP contribution in [0, 0.1) is 13.8 Å². The highest BCUT2D eigenvalue weighted by Gasteiger charge is 2.09. The summed E-state index contributed by atoms with van der Waals surface area (Å²) in [4.78, 5) is 11.9. The van der Waals surface area contributed by atoms with Crippen LogP contribution in [0.5, 0.6) is 17.8 Å². The Morgan fingerprint density at radius 1 is 1.10 bits per heavy atom. The minimum atomic E-state index is 0.0471. The lowest BCUT2D eigenvalue weighted by Gasteiger charge is -2.09. The van der Waals surface area contributed by atoms with Crippen molar-refractivity contribution in [2.45, 2.75) is 27.2 Å². The lowest BCUT2D eigenvalue weighted by atomic mass is 10.1. The first-order chi connectivity index (χ1) is 9.58. The summed E-state index contributed by atoms with van der Waals surface area (Å²) >= 11 is 5.84. The van der Waals surface area contributed by atoms with Gasteiger partial charge in [0.2, 0.25) is 5.28 Å². The maximum absolute atomic E-state index is 5.84. The average Bonchev–Trinajstić information content (AvgIpc) is 2.39. The zero-order valence-corrected chi connectivity index (χ0v) is 12.4. The van der Waals surface area contributed by atoms with Crippen molar-refractivity contribution < 1.29 is 9.47 Å². The molecule has 20 heavy (non-hydrogen) atoms. The smallest absolute Gasteiger partial charge is 0.329 e. The molecule has 0 unspecified atom stereocenters. The van der Waals surface area contributed by atoms with Gasteiger partial charge in [0, 0.05) is 0 Å². The molecule has 0 aliphatic heterocycles. The van der Waals surface area contributed by atoms with Crippen LogP contribution < -0.4 is 9.47 Å². The van der Waals surface area contributed by atoms with Gasteiger partial charge < -0.3 is 9.47 Å². The predicted octanol–water partition coefficient (Wildman–Crippen LogP) is 3.72. The van der Waals surface area contributed by atoms with E-state index < -0.39 is 0 Å². The number of halogens is 1. The molecule has 0 atom stereocenters. The van der Waals surface area contributed by atoms with E-state index in [0.717, 1.165) is 17.5 Å². The molecule has 1 aromatic carbocycles. The molecule has 0 saturated heterocycles. The SMILES string of the molecule is CCCOc1nc(Cl)nc(Oc2ccc(C)cc2C)n1. The van der Waals surface area contributed by atoms with E-state index in [2.05, 4.69) is 15.0 Å². The number of benzene rings is 1. The average molecular weight is 294 g/mol. The van der Waals surface area contributed by atoms with Crippen LogP contribution in [0.1, 0.15) is 24.5 Å². The zero-order chi connectivity index (χ0) is 14.5. The van der Waals surface area contributed by atoms with E-state index in [1.54, 1.807) is 0 Å². The number of rotatable bonds is 5. The standard InChI is InChI=1S/C14H16ClN3O2/c1-4-7-19-13-16-12(15)17-14(18-13)20-11-6-5-9(2)8-10(11)3/h5-6,8H,4,7H2,1-3H3. The van der Waals surface area contributed by atoms with Gasteiger partial charge in [-0.25, -0.2) is 0 Å². The normalized spacial score (nSPS) is 10.4. The largest absolute Gasteiger partial charge is 0.463 e. The van der Waals surface area contributed by atoms with E-state index in [9.17, 15) is 0 Å². The molecule has 0 spiro atoms. The van der Waals surface area contributed by atoms with Crippen molar-refractivity contribution in [3.05, 3.63) is 34.6 Å². The number of hydrogen-bond donors (Lipinski definition) is 0. The molecule has 6 heteroatoms. The molecular formula is C14H16ClN3O2. The van der Waals surface area contributed by atoms with Crippen LogP contribution in [0.15, 0.2) is 18.2 Å². The molecule has 0 fully saturated rings. The van der Waals surface area contributed by atoms with Gasteiger partial charge in [-0.15, -0.1) is 4.98 Å². The monoisotopic (exact) mass is 293 g/mol. The van der Waals surface area contributed by atoms with Crippen molar-refractivity contribution in [2.75, 3.05) is 6.61 Å². The molecule has 0 aliphatic rings. The fourth-order valence-corrected chi connectivity index (χ4v) is 1.77. The summed E-state index contributed by atoms with van der Waals surface area (Å²) in [6, 6.07) is 6.15. The lowest BCUT2D eigenvalue weighted by Crippen LogP contribution is -2.03. The van der Waals surface area contributed by atoms with Gasteiger partial charge in [-0.1, -0.05) is 24.6 Å². The summed E-state index contributed by atoms with van der Waals surface area (Å²) in [5.74, 6) is 0.680. The maximum Gasteiger partial charge on any atom is 0.329 e. The van der Waals surface area contributed by atoms with E-state index in [4.69, 9.17) is 21.1 Å². The third kappa shape index (κ3) is 3.81. The third-order valence-corrected chi connectivity index (χ3v) is 2.70. The number of ether oxygens (including phenoxy) is 2. The predicted molar refractivity (Wildman–Crippen MR) is 76.6 cm³/mol. The Labute approximate surface area is 123 Å². The topological polar surface area (TPSA) is 57.1 Å². The summed E-state index contributed by atoms with van der Waals surface area (Å²) in [5.41, 5.74) is 2.16. The molecule has 0 aliphatic carbocycles. The quantitative estimate of drug-likeness (QED) is 0.841. The van der Waals surface area contributed by atoms with E-state index in [0.29, 0.717) is 12.4 Å². The Morgan fingerprint density at radius 2 is 1.85 bits per heavy atom. The van der Waals surface area contributed by atoms with Crippen LogP contribution in [0.25, 0.3) is 0 Å². The first-order valence-corrected chi connectivity index (χ1v) is 6.75. The van der Waals surface area contributed by atoms with Crippen LogP contribution >= 0.6 is 11.6 Å². The van der Waals surface area contributed by atoms with Crippen molar-refractivity contribution in [2.24, 2.45) is 0 Å². The summed E-state index contributed by atoms with van der Waals surface area (Å²) < 4.78 is 11.0. The first kappa shape index (κ1) is 14.5. The van der Waals surface area contributed by atoms with E-state index >= 15 is 0 Å². The Bertz CT molecular complexity index is 605. The van der Waals surface area contributed by atoms with Crippen LogP contribution in [-0.2, 0) is 0 Å². The molecular weight excluding hydrogens is 278 g/mol. The fraction of sp³-hybridized carbons (Fsp3) is 0.357. The second-order valence-electron chi connectivity index (χ2n) is 4.39. The van der Waals surface area contributed by atoms with Gasteiger partial charge in [-0.2, -0.15) is 9.97 Å². The summed E-state index contributed by atoms with van der Waals surface area (Å²) in [7, 11) is 0. The van der Waals surface area contributed by atoms with E-state index in [1.807, 2.05) is 39.0 Å². The Hall–Kier alpha value is -1.88. The molecule has 0 radical (unpaired) electrons. The first-order valence-electron chi connectivity index (χ1n) is 6.38. The highest BCUT2D eigenvalue weighted by molar-refractivity contribution is 6.28. The molecule has 0 bridgehead atoms. The molecule has 106 valence electrons. The minimum Gasteiger partial charge on any atom is -0.463 e. The molecule has 1 heterocycles. The van der Waals surface area contributed by atoms with Crippen molar-refractivity contribution in [1.29, 1.82) is 0 Å². The van der Waals surface area contributed by atoms with Crippen molar-refractivity contribution in [1.82, 2.24) is 15.0 Å². The van der Waals surface area contributed by atoms with Gasteiger partial charge in [-0.3, -0.25) is 0 Å². The highest BCUT2D eigenvalue weighted by atomic mass is 35.5. The number of hydrogen-bond acceptors (Lipinski definition) is 5. The summed E-state index contributed by atoms with van der Waals surface area (Å²) in [5, 5.41) is 0.0471. The molecule has 5 nitrogen and oxygen atoms in total. The second-order valence-corrected chi connectivity index (χ2v) is 4.73. The maximum atomic E-state index is 5.84. The van der Waals surface area contributed by atoms with Crippen molar-refractivity contribution in [3.63, 3.8) is 0 Å². The molecule has 2 aromatic rings. The summed E-state index contributed by atoms with van der Waals surface area (Å²) in [6.45, 7) is 6.49. The fourth-order valence-electron chi connectivity index (χ4n) is 1.63. The minimum absolute atomic E-state index is 0.0471. The van der Waals surface area contributed by atoms with Gasteiger partial charge in [0.25, 0.3) is 0 Å². The van der Waals surface area contributed by atoms with Crippen LogP contribution in [0.3, 0.4) is 0 Å². The molecule has 0 saturated carbocycles. The Morgan fingerprint density at radius 3 is 2.55 bits per heavy atom. The molecule has 0 N–H and O–H groups in total. The zero-order valence-electron chi connectivity index (χ0n) is 11.7. The van der Waals surface area contributed by atoms with Gasteiger partial charge in [0.05, 0.1) is 6.61 Å². The van der Waals surface area contributed by atoms with E-state index in [1.165, 1.54) is 0 Å². The number of aryl methyl sites for hydroxylation is 2. The third-order valence-electron chi connectivity index (χ3n) is 2.53. The van der Waals surface area contributed by atoms with Gasteiger partial charge in [0.15, 0.2) is 0 Å². The van der Waals surface area contributed by atoms with E-state index in [-0.39, 0.29) is 17.3 Å². The summed E-state index contributed by atoms with van der Waals surface area (Å²) in [6.07, 6.45) is 0.858. The van der Waals surface area contributed by atoms with Gasteiger partial charge in [-0.05, 0) is 43.5 Å². The van der Waals surface area contributed by atoms with Crippen LogP contribution in [0.4, 0.5) is 0 Å². The second kappa shape index (κ2) is 6.52. The van der Waals surface area contributed by atoms with Gasteiger partial charge >= 0.3 is 12.0 Å². The van der Waals surface area contributed by atoms with Crippen molar-refractivity contribution in [3.8, 4) is 17.8 Å². The number of nitrogens with zero attached hydrogens (tertiary/aromatic N) is 3. The van der Waals surface area contributed by atoms with Crippen LogP contribution in [0.2, 0.25) is 5.28 Å². The highest BCUT2D eigenvalue weighted by Crippen LogP contribution is 2.24. The Kier molecular flexibility index (Phi) is 4.74. The molecule has 2 rings (SSSR count). The number of aromatic nitrogens is 3. The molecule has 1 aromatic heterocycles. The van der Waals surface area contributed by atoms with Crippen molar-refractivity contribution >= 4 is 11.6 Å². The van der Waals surface area contributed by atoms with Gasteiger partial charge in [0.1, 0.15) is 5.75 Å². The lowest BCUT2D eigenvalue weighted by molar-refractivity contribution is 0.284. The van der Waals surface area contributed by atoms with Crippen LogP contribution in [-0.4, -0.2) is 21.6 Å². The molecule has 0 amide bonds.